The molecule has 0 unspecified atom stereocenters. The summed E-state index contributed by atoms with van der Waals surface area (Å²) >= 11 is 0. The largest absolute Gasteiger partial charge is 0.497 e. The van der Waals surface area contributed by atoms with Crippen LogP contribution in [0.5, 0.6) is 11.5 Å². The molecule has 1 atom stereocenters. The first-order chi connectivity index (χ1) is 22.8. The molecule has 1 heterocycles. The van der Waals surface area contributed by atoms with Crippen LogP contribution in [0, 0.1) is 5.41 Å². The van der Waals surface area contributed by atoms with Crippen LogP contribution in [-0.2, 0) is 49.8 Å². The van der Waals surface area contributed by atoms with Crippen LogP contribution in [0.4, 0.5) is 4.79 Å². The molecule has 1 aliphatic heterocycles. The van der Waals surface area contributed by atoms with Gasteiger partial charge in [-0.3, -0.25) is 0 Å². The second-order valence-electron chi connectivity index (χ2n) is 12.2. The highest BCUT2D eigenvalue weighted by Crippen LogP contribution is 2.24. The van der Waals surface area contributed by atoms with Gasteiger partial charge in [-0.2, -0.15) is 0 Å². The number of ether oxygens (including phenoxy) is 4. The van der Waals surface area contributed by atoms with Crippen LogP contribution in [0.15, 0.2) is 103 Å². The number of hydrogen-bond donors (Lipinski definition) is 1. The number of methoxy groups -OCH3 is 1. The molecule has 0 aromatic heterocycles. The summed E-state index contributed by atoms with van der Waals surface area (Å²) in [7, 11) is 0.961. The molecule has 0 bridgehead atoms. The van der Waals surface area contributed by atoms with Crippen molar-refractivity contribution >= 4 is 24.6 Å². The van der Waals surface area contributed by atoms with E-state index in [-0.39, 0.29) is 25.0 Å². The Morgan fingerprint density at radius 3 is 1.96 bits per heavy atom. The first-order valence-corrected chi connectivity index (χ1v) is 15.6. The van der Waals surface area contributed by atoms with E-state index in [0.29, 0.717) is 31.0 Å². The van der Waals surface area contributed by atoms with Crippen LogP contribution in [0.3, 0.4) is 0 Å². The maximum Gasteiger partial charge on any atom is 0.497 e. The lowest BCUT2D eigenvalue weighted by atomic mass is 9.74. The first kappa shape index (κ1) is 33.6. The van der Waals surface area contributed by atoms with Gasteiger partial charge in [-0.25, -0.2) is 9.59 Å². The Morgan fingerprint density at radius 1 is 0.766 bits per heavy atom. The van der Waals surface area contributed by atoms with E-state index in [1.165, 1.54) is 0 Å². The molecule has 1 saturated heterocycles. The molecule has 1 amide bonds. The molecule has 244 valence electrons. The summed E-state index contributed by atoms with van der Waals surface area (Å²) in [6.45, 7) is 5.61. The molecule has 0 saturated carbocycles. The number of hydrogen-bond acceptors (Lipinski definition) is 8. The number of nitrogens with one attached hydrogen (secondary N) is 1. The van der Waals surface area contributed by atoms with Gasteiger partial charge in [0.2, 0.25) is 0 Å². The SMILES string of the molecule is COc1ccc(COc2ccc(C[C@H](NC(=O)OCc3ccccc3)C(=O)OCc3ccccc3)cc2B2OCC(C)(C)CO2)cc1. The van der Waals surface area contributed by atoms with E-state index in [1.807, 2.05) is 103 Å². The first-order valence-electron chi connectivity index (χ1n) is 15.6. The van der Waals surface area contributed by atoms with E-state index in [4.69, 9.17) is 28.3 Å². The quantitative estimate of drug-likeness (QED) is 0.149. The molecule has 0 radical (unpaired) electrons. The van der Waals surface area contributed by atoms with E-state index in [9.17, 15) is 9.59 Å². The number of rotatable bonds is 13. The zero-order valence-electron chi connectivity index (χ0n) is 27.0. The van der Waals surface area contributed by atoms with Gasteiger partial charge in [0.15, 0.2) is 0 Å². The molecule has 0 spiro atoms. The summed E-state index contributed by atoms with van der Waals surface area (Å²) in [6.07, 6.45) is -0.589. The monoisotopic (exact) mass is 637 g/mol. The van der Waals surface area contributed by atoms with Gasteiger partial charge in [-0.15, -0.1) is 0 Å². The van der Waals surface area contributed by atoms with Crippen LogP contribution < -0.4 is 20.3 Å². The lowest BCUT2D eigenvalue weighted by Gasteiger charge is -2.33. The topological polar surface area (TPSA) is 102 Å². The highest BCUT2D eigenvalue weighted by Gasteiger charge is 2.36. The molecule has 4 aromatic carbocycles. The maximum absolute atomic E-state index is 13.4. The highest BCUT2D eigenvalue weighted by atomic mass is 16.6. The summed E-state index contributed by atoms with van der Waals surface area (Å²) in [4.78, 5) is 26.3. The van der Waals surface area contributed by atoms with Gasteiger partial charge >= 0.3 is 19.2 Å². The van der Waals surface area contributed by atoms with Crippen molar-refractivity contribution in [1.82, 2.24) is 5.32 Å². The fraction of sp³-hybridized carbons (Fsp3) is 0.297. The minimum absolute atomic E-state index is 0.0650. The third kappa shape index (κ3) is 10.1. The van der Waals surface area contributed by atoms with Gasteiger partial charge in [-0.1, -0.05) is 98.8 Å². The number of carbonyl (C=O) groups is 2. The van der Waals surface area contributed by atoms with Gasteiger partial charge in [0.1, 0.15) is 37.4 Å². The highest BCUT2D eigenvalue weighted by molar-refractivity contribution is 6.62. The van der Waals surface area contributed by atoms with Gasteiger partial charge in [-0.05, 0) is 40.5 Å². The summed E-state index contributed by atoms with van der Waals surface area (Å²) in [5.74, 6) is 0.770. The number of carbonyl (C=O) groups excluding carboxylic acids is 2. The molecule has 1 aliphatic rings. The van der Waals surface area contributed by atoms with Crippen molar-refractivity contribution in [3.8, 4) is 11.5 Å². The van der Waals surface area contributed by atoms with Crippen molar-refractivity contribution in [2.45, 2.75) is 46.1 Å². The average molecular weight is 638 g/mol. The average Bonchev–Trinajstić information content (AvgIpc) is 3.10. The fourth-order valence-electron chi connectivity index (χ4n) is 4.96. The normalized spacial score (nSPS) is 14.5. The van der Waals surface area contributed by atoms with Gasteiger partial charge in [0.25, 0.3) is 0 Å². The Hall–Kier alpha value is -4.80. The minimum Gasteiger partial charge on any atom is -0.497 e. The predicted molar refractivity (Wildman–Crippen MR) is 178 cm³/mol. The molecule has 47 heavy (non-hydrogen) atoms. The summed E-state index contributed by atoms with van der Waals surface area (Å²) in [5, 5.41) is 2.71. The molecule has 10 heteroatoms. The van der Waals surface area contributed by atoms with Crippen molar-refractivity contribution in [3.63, 3.8) is 0 Å². The van der Waals surface area contributed by atoms with Crippen LogP contribution in [0.2, 0.25) is 0 Å². The van der Waals surface area contributed by atoms with Crippen LogP contribution in [0.1, 0.15) is 36.1 Å². The van der Waals surface area contributed by atoms with Crippen LogP contribution >= 0.6 is 0 Å². The maximum atomic E-state index is 13.4. The lowest BCUT2D eigenvalue weighted by molar-refractivity contribution is -0.147. The van der Waals surface area contributed by atoms with Crippen molar-refractivity contribution < 1.29 is 37.8 Å². The van der Waals surface area contributed by atoms with Crippen LogP contribution in [-0.4, -0.2) is 45.5 Å². The minimum atomic E-state index is -1.02. The number of esters is 1. The lowest BCUT2D eigenvalue weighted by Crippen LogP contribution is -2.48. The van der Waals surface area contributed by atoms with Crippen molar-refractivity contribution in [2.75, 3.05) is 20.3 Å². The van der Waals surface area contributed by atoms with E-state index >= 15 is 0 Å². The zero-order valence-corrected chi connectivity index (χ0v) is 27.0. The second-order valence-corrected chi connectivity index (χ2v) is 12.2. The zero-order chi connectivity index (χ0) is 33.1. The molecule has 5 rings (SSSR count). The smallest absolute Gasteiger partial charge is 0.497 e. The summed E-state index contributed by atoms with van der Waals surface area (Å²) < 4.78 is 34.8. The van der Waals surface area contributed by atoms with Gasteiger partial charge in [0.05, 0.1) is 7.11 Å². The molecule has 4 aromatic rings. The van der Waals surface area contributed by atoms with Gasteiger partial charge < -0.3 is 33.6 Å². The number of amides is 1. The second kappa shape index (κ2) is 16.2. The number of benzene rings is 4. The third-order valence-electron chi connectivity index (χ3n) is 7.59. The van der Waals surface area contributed by atoms with Crippen LogP contribution in [0.25, 0.3) is 0 Å². The Kier molecular flexibility index (Phi) is 11.5. The fourth-order valence-corrected chi connectivity index (χ4v) is 4.96. The van der Waals surface area contributed by atoms with E-state index in [1.54, 1.807) is 7.11 Å². The Morgan fingerprint density at radius 2 is 1.34 bits per heavy atom. The predicted octanol–water partition coefficient (Wildman–Crippen LogP) is 5.62. The molecule has 1 fully saturated rings. The molecule has 0 aliphatic carbocycles. The molecule has 1 N–H and O–H groups in total. The van der Waals surface area contributed by atoms with E-state index < -0.39 is 25.2 Å². The number of alkyl carbamates (subject to hydrolysis) is 1. The summed E-state index contributed by atoms with van der Waals surface area (Å²) in [5.41, 5.74) is 3.94. The summed E-state index contributed by atoms with van der Waals surface area (Å²) in [6, 6.07) is 30.9. The van der Waals surface area contributed by atoms with Crippen molar-refractivity contribution in [3.05, 3.63) is 125 Å². The van der Waals surface area contributed by atoms with Crippen molar-refractivity contribution in [1.29, 1.82) is 0 Å². The van der Waals surface area contributed by atoms with E-state index in [0.717, 1.165) is 28.0 Å². The Balaban J connectivity index is 1.34. The van der Waals surface area contributed by atoms with E-state index in [2.05, 4.69) is 19.2 Å². The standard InChI is InChI=1S/C37H40BNO8/c1-37(2)25-46-38(47-26-37)32-20-30(16-19-34(32)43-22-29-14-17-31(42-3)18-15-29)21-33(35(40)44-23-27-10-6-4-7-11-27)39-36(41)45-24-28-12-8-5-9-13-28/h4-20,33H,21-26H2,1-3H3,(H,39,41)/t33-/m0/s1. The third-order valence-corrected chi connectivity index (χ3v) is 7.59. The molecule has 9 nitrogen and oxygen atoms in total. The van der Waals surface area contributed by atoms with Crippen molar-refractivity contribution in [2.24, 2.45) is 5.41 Å². The molecular formula is C37H40BNO8. The Labute approximate surface area is 276 Å². The Bertz CT molecular complexity index is 1590. The van der Waals surface area contributed by atoms with Gasteiger partial charge in [0, 0.05) is 30.5 Å². The molecular weight excluding hydrogens is 597 g/mol.